The van der Waals surface area contributed by atoms with E-state index in [2.05, 4.69) is 25.9 Å². The van der Waals surface area contributed by atoms with E-state index in [0.717, 1.165) is 19.8 Å². The Labute approximate surface area is 83.6 Å². The van der Waals surface area contributed by atoms with E-state index >= 15 is 0 Å². The van der Waals surface area contributed by atoms with E-state index in [1.807, 2.05) is 6.07 Å². The van der Waals surface area contributed by atoms with Crippen molar-refractivity contribution in [2.75, 3.05) is 0 Å². The van der Waals surface area contributed by atoms with E-state index in [-0.39, 0.29) is 0 Å². The number of thiazole rings is 1. The summed E-state index contributed by atoms with van der Waals surface area (Å²) in [6.45, 7) is 0. The van der Waals surface area contributed by atoms with Crippen molar-refractivity contribution < 1.29 is 0 Å². The highest BCUT2D eigenvalue weighted by molar-refractivity contribution is 9.10. The molecule has 0 bridgehead atoms. The quantitative estimate of drug-likeness (QED) is 0.712. The minimum Gasteiger partial charge on any atom is -0.242 e. The molecule has 0 amide bonds. The van der Waals surface area contributed by atoms with Crippen molar-refractivity contribution in [2.24, 2.45) is 0 Å². The van der Waals surface area contributed by atoms with Gasteiger partial charge in [0, 0.05) is 10.7 Å². The van der Waals surface area contributed by atoms with Crippen LogP contribution in [0.3, 0.4) is 0 Å². The minimum absolute atomic E-state index is 0.485. The van der Waals surface area contributed by atoms with Crippen LogP contribution in [-0.4, -0.2) is 17.8 Å². The molecular formula is C7H4BBrN2S. The Morgan fingerprint density at radius 2 is 2.42 bits per heavy atom. The zero-order valence-electron chi connectivity index (χ0n) is 6.12. The summed E-state index contributed by atoms with van der Waals surface area (Å²) in [5, 5.41) is 0.926. The molecule has 2 nitrogen and oxygen atoms in total. The Bertz CT molecular complexity index is 415. The zero-order valence-corrected chi connectivity index (χ0v) is 8.52. The average Bonchev–Trinajstić information content (AvgIpc) is 2.46. The van der Waals surface area contributed by atoms with Gasteiger partial charge in [0.25, 0.3) is 0 Å². The third kappa shape index (κ3) is 1.38. The minimum atomic E-state index is 0.485. The summed E-state index contributed by atoms with van der Waals surface area (Å²) in [5.41, 5.74) is 0.912. The molecule has 0 aliphatic carbocycles. The molecule has 0 spiro atoms. The maximum absolute atomic E-state index is 5.46. The van der Waals surface area contributed by atoms with Gasteiger partial charge in [0.05, 0.1) is 12.9 Å². The molecule has 2 heterocycles. The van der Waals surface area contributed by atoms with Gasteiger partial charge in [0.2, 0.25) is 0 Å². The Morgan fingerprint density at radius 3 is 3.17 bits per heavy atom. The molecular weight excluding hydrogens is 235 g/mol. The van der Waals surface area contributed by atoms with Crippen molar-refractivity contribution in [1.82, 2.24) is 9.97 Å². The first-order valence-electron chi connectivity index (χ1n) is 3.40. The van der Waals surface area contributed by atoms with Gasteiger partial charge in [-0.15, -0.1) is 0 Å². The lowest BCUT2D eigenvalue weighted by Gasteiger charge is -1.86. The highest BCUT2D eigenvalue weighted by Gasteiger charge is 2.02. The molecule has 5 heteroatoms. The van der Waals surface area contributed by atoms with Crippen LogP contribution in [0.1, 0.15) is 5.01 Å². The summed E-state index contributed by atoms with van der Waals surface area (Å²) < 4.78 is 0.948. The second-order valence-electron chi connectivity index (χ2n) is 2.29. The van der Waals surface area contributed by atoms with Gasteiger partial charge in [-0.1, -0.05) is 11.3 Å². The summed E-state index contributed by atoms with van der Waals surface area (Å²) in [7, 11) is 5.46. The van der Waals surface area contributed by atoms with E-state index in [0.29, 0.717) is 6.32 Å². The topological polar surface area (TPSA) is 25.8 Å². The summed E-state index contributed by atoms with van der Waals surface area (Å²) in [5.74, 6) is 0. The molecule has 2 radical (unpaired) electrons. The van der Waals surface area contributed by atoms with E-state index < -0.39 is 0 Å². The predicted octanol–water partition coefficient (Wildman–Crippen LogP) is 2.12. The van der Waals surface area contributed by atoms with Gasteiger partial charge in [0.1, 0.15) is 10.3 Å². The van der Waals surface area contributed by atoms with E-state index in [1.54, 1.807) is 6.20 Å². The standard InChI is InChI=1S/C7H4BBrN2S/c8-2-6-11-5-1-4(9)3-10-7(5)12-6/h1,3H,2H2. The molecule has 0 aromatic carbocycles. The first-order valence-corrected chi connectivity index (χ1v) is 5.01. The normalized spacial score (nSPS) is 10.8. The molecule has 0 fully saturated rings. The molecule has 0 aliphatic rings. The fraction of sp³-hybridized carbons (Fsp3) is 0.143. The van der Waals surface area contributed by atoms with Crippen LogP contribution in [0.25, 0.3) is 10.3 Å². The molecule has 0 N–H and O–H groups in total. The van der Waals surface area contributed by atoms with Crippen LogP contribution in [0.5, 0.6) is 0 Å². The van der Waals surface area contributed by atoms with Gasteiger partial charge >= 0.3 is 0 Å². The summed E-state index contributed by atoms with van der Waals surface area (Å²) >= 11 is 4.87. The molecule has 0 unspecified atom stereocenters. The molecule has 0 saturated heterocycles. The number of rotatable bonds is 1. The van der Waals surface area contributed by atoms with Crippen molar-refractivity contribution in [3.63, 3.8) is 0 Å². The van der Waals surface area contributed by atoms with Crippen molar-refractivity contribution in [2.45, 2.75) is 6.32 Å². The number of nitrogens with zero attached hydrogens (tertiary/aromatic N) is 2. The van der Waals surface area contributed by atoms with Crippen LogP contribution in [0.15, 0.2) is 16.7 Å². The van der Waals surface area contributed by atoms with Gasteiger partial charge in [0.15, 0.2) is 0 Å². The molecule has 0 saturated carbocycles. The van der Waals surface area contributed by atoms with Crippen LogP contribution >= 0.6 is 27.3 Å². The van der Waals surface area contributed by atoms with E-state index in [9.17, 15) is 0 Å². The zero-order chi connectivity index (χ0) is 8.55. The third-order valence-corrected chi connectivity index (χ3v) is 2.87. The second-order valence-corrected chi connectivity index (χ2v) is 4.27. The maximum Gasteiger partial charge on any atom is 0.143 e. The van der Waals surface area contributed by atoms with E-state index in [1.165, 1.54) is 11.3 Å². The summed E-state index contributed by atoms with van der Waals surface area (Å²) in [4.78, 5) is 9.44. The Balaban J connectivity index is 2.67. The fourth-order valence-corrected chi connectivity index (χ4v) is 2.02. The smallest absolute Gasteiger partial charge is 0.143 e. The van der Waals surface area contributed by atoms with Crippen molar-refractivity contribution in [3.05, 3.63) is 21.7 Å². The first kappa shape index (κ1) is 8.20. The molecule has 2 aromatic heterocycles. The molecule has 58 valence electrons. The molecule has 12 heavy (non-hydrogen) atoms. The Morgan fingerprint density at radius 1 is 1.58 bits per heavy atom. The van der Waals surface area contributed by atoms with Gasteiger partial charge in [-0.3, -0.25) is 0 Å². The van der Waals surface area contributed by atoms with Crippen LogP contribution in [0, 0.1) is 0 Å². The molecule has 2 rings (SSSR count). The van der Waals surface area contributed by atoms with Crippen molar-refractivity contribution in [3.8, 4) is 0 Å². The van der Waals surface area contributed by atoms with Crippen molar-refractivity contribution in [1.29, 1.82) is 0 Å². The second kappa shape index (κ2) is 3.14. The van der Waals surface area contributed by atoms with Gasteiger partial charge in [-0.25, -0.2) is 9.97 Å². The van der Waals surface area contributed by atoms with Crippen LogP contribution < -0.4 is 0 Å². The SMILES string of the molecule is [B]Cc1nc2cc(Br)cnc2s1. The van der Waals surface area contributed by atoms with Gasteiger partial charge in [-0.2, -0.15) is 0 Å². The molecule has 0 atom stereocenters. The Kier molecular flexibility index (Phi) is 2.15. The molecule has 0 aliphatic heterocycles. The van der Waals surface area contributed by atoms with Crippen molar-refractivity contribution >= 4 is 45.5 Å². The number of hydrogen-bond acceptors (Lipinski definition) is 3. The van der Waals surface area contributed by atoms with Crippen LogP contribution in [0.2, 0.25) is 0 Å². The fourth-order valence-electron chi connectivity index (χ4n) is 0.931. The van der Waals surface area contributed by atoms with Crippen LogP contribution in [-0.2, 0) is 6.32 Å². The lowest BCUT2D eigenvalue weighted by atomic mass is 10.1. The van der Waals surface area contributed by atoms with Gasteiger partial charge < -0.3 is 0 Å². The highest BCUT2D eigenvalue weighted by Crippen LogP contribution is 2.22. The number of aromatic nitrogens is 2. The average molecular weight is 239 g/mol. The summed E-state index contributed by atoms with van der Waals surface area (Å²) in [6, 6.07) is 1.94. The number of fused-ring (bicyclic) bond motifs is 1. The monoisotopic (exact) mass is 238 g/mol. The highest BCUT2D eigenvalue weighted by atomic mass is 79.9. The van der Waals surface area contributed by atoms with Crippen LogP contribution in [0.4, 0.5) is 0 Å². The van der Waals surface area contributed by atoms with E-state index in [4.69, 9.17) is 7.85 Å². The Hall–Kier alpha value is -0.415. The summed E-state index contributed by atoms with van der Waals surface area (Å²) in [6.07, 6.45) is 2.25. The third-order valence-electron chi connectivity index (χ3n) is 1.43. The maximum atomic E-state index is 5.46. The lowest BCUT2D eigenvalue weighted by Crippen LogP contribution is -1.78. The van der Waals surface area contributed by atoms with Gasteiger partial charge in [-0.05, 0) is 28.3 Å². The number of pyridine rings is 1. The molecule has 2 aromatic rings. The number of halogens is 1. The first-order chi connectivity index (χ1) is 5.79. The number of hydrogen-bond donors (Lipinski definition) is 0. The largest absolute Gasteiger partial charge is 0.242 e. The lowest BCUT2D eigenvalue weighted by molar-refractivity contribution is 1.29. The predicted molar refractivity (Wildman–Crippen MR) is 54.6 cm³/mol.